The monoisotopic (exact) mass is 472 g/mol. The number of nitrogens with one attached hydrogen (secondary N) is 3. The number of guanidine groups is 1. The van der Waals surface area contributed by atoms with Gasteiger partial charge in [-0.2, -0.15) is 0 Å². The van der Waals surface area contributed by atoms with Gasteiger partial charge in [0.1, 0.15) is 0 Å². The molecule has 11 heteroatoms. The Kier molecular flexibility index (Phi) is 10.6. The summed E-state index contributed by atoms with van der Waals surface area (Å²) in [5, 5.41) is 21.9. The number of nitrogens with two attached hydrogens (primary N) is 1. The lowest BCUT2D eigenvalue weighted by atomic mass is 9.90. The number of aliphatic carboxylic acids is 1. The van der Waals surface area contributed by atoms with E-state index in [1.165, 1.54) is 0 Å². The molecule has 0 unspecified atom stereocenters. The highest BCUT2D eigenvalue weighted by Gasteiger charge is 2.26. The Morgan fingerprint density at radius 2 is 1.65 bits per heavy atom. The van der Waals surface area contributed by atoms with Gasteiger partial charge in [0, 0.05) is 22.9 Å². The molecule has 0 heterocycles. The fourth-order valence-corrected chi connectivity index (χ4v) is 3.18. The van der Waals surface area contributed by atoms with Crippen molar-refractivity contribution in [2.45, 2.75) is 45.6 Å². The summed E-state index contributed by atoms with van der Waals surface area (Å²) in [7, 11) is 0. The van der Waals surface area contributed by atoms with Crippen LogP contribution in [-0.2, 0) is 25.6 Å². The lowest BCUT2D eigenvalue weighted by Crippen LogP contribution is -2.44. The van der Waals surface area contributed by atoms with Gasteiger partial charge >= 0.3 is 5.97 Å². The molecule has 1 rings (SSSR count). The second-order valence-electron chi connectivity index (χ2n) is 7.36. The Morgan fingerprint density at radius 1 is 1.10 bits per heavy atom. The van der Waals surface area contributed by atoms with Crippen molar-refractivity contribution >= 4 is 52.7 Å². The van der Waals surface area contributed by atoms with E-state index in [1.807, 2.05) is 0 Å². The summed E-state index contributed by atoms with van der Waals surface area (Å²) in [5.74, 6) is -4.66. The van der Waals surface area contributed by atoms with Gasteiger partial charge < -0.3 is 10.8 Å². The van der Waals surface area contributed by atoms with E-state index in [4.69, 9.17) is 34.3 Å². The molecule has 1 aromatic carbocycles. The Labute approximate surface area is 190 Å². The lowest BCUT2D eigenvalue weighted by molar-refractivity contribution is -0.144. The molecule has 170 valence electrons. The van der Waals surface area contributed by atoms with Crippen LogP contribution in [-0.4, -0.2) is 40.7 Å². The van der Waals surface area contributed by atoms with Crippen LogP contribution < -0.4 is 16.4 Å². The number of hydrogen-bond acceptors (Lipinski definition) is 6. The van der Waals surface area contributed by atoms with E-state index < -0.39 is 35.7 Å². The molecule has 0 bridgehead atoms. The van der Waals surface area contributed by atoms with Crippen molar-refractivity contribution in [2.24, 2.45) is 17.6 Å². The molecule has 9 nitrogen and oxygen atoms in total. The van der Waals surface area contributed by atoms with Crippen LogP contribution in [0.25, 0.3) is 0 Å². The minimum absolute atomic E-state index is 0.117. The smallest absolute Gasteiger partial charge is 0.306 e. The Bertz CT molecular complexity index is 840. The summed E-state index contributed by atoms with van der Waals surface area (Å²) in [6.07, 6.45) is -0.852. The number of carbonyl (C=O) groups is 4. The molecule has 2 atom stereocenters. The van der Waals surface area contributed by atoms with Gasteiger partial charge in [-0.15, -0.1) is 0 Å². The van der Waals surface area contributed by atoms with E-state index >= 15 is 0 Å². The molecule has 1 aromatic rings. The van der Waals surface area contributed by atoms with Gasteiger partial charge in [-0.05, 0) is 30.0 Å². The number of hydrogen-bond donors (Lipinski definition) is 5. The molecule has 0 saturated heterocycles. The molecule has 6 N–H and O–H groups in total. The molecule has 0 aromatic heterocycles. The van der Waals surface area contributed by atoms with Gasteiger partial charge in [0.25, 0.3) is 0 Å². The number of rotatable bonds is 10. The van der Waals surface area contributed by atoms with Crippen molar-refractivity contribution in [1.29, 1.82) is 5.41 Å². The van der Waals surface area contributed by atoms with Gasteiger partial charge in [-0.3, -0.25) is 35.2 Å². The topological polar surface area (TPSA) is 162 Å². The van der Waals surface area contributed by atoms with Gasteiger partial charge in [0.05, 0.1) is 18.4 Å². The van der Waals surface area contributed by atoms with Gasteiger partial charge in [-0.1, -0.05) is 43.1 Å². The first-order valence-electron chi connectivity index (χ1n) is 9.54. The van der Waals surface area contributed by atoms with E-state index in [1.54, 1.807) is 32.0 Å². The molecule has 0 aliphatic heterocycles. The lowest BCUT2D eigenvalue weighted by Gasteiger charge is -2.17. The molecule has 2 amide bonds. The average molecular weight is 473 g/mol. The number of carbonyl (C=O) groups excluding carboxylic acids is 3. The molecule has 0 spiro atoms. The van der Waals surface area contributed by atoms with Crippen LogP contribution in [0.1, 0.15) is 38.7 Å². The van der Waals surface area contributed by atoms with Crippen molar-refractivity contribution in [3.8, 4) is 0 Å². The maximum Gasteiger partial charge on any atom is 0.306 e. The SMILES string of the molecule is CC(C)[C@@H](N)C(=O)C[C@H](CCC(=O)NC(=N)NC(=O)Cc1c(Cl)cccc1Cl)C(=O)O. The molecular weight excluding hydrogens is 447 g/mol. The third-order valence-corrected chi connectivity index (χ3v) is 5.24. The fourth-order valence-electron chi connectivity index (χ4n) is 2.65. The summed E-state index contributed by atoms with van der Waals surface area (Å²) in [4.78, 5) is 47.5. The van der Waals surface area contributed by atoms with E-state index in [2.05, 4.69) is 10.6 Å². The Hall–Kier alpha value is -2.49. The summed E-state index contributed by atoms with van der Waals surface area (Å²) in [6, 6.07) is 4.00. The molecule has 0 radical (unpaired) electrons. The average Bonchev–Trinajstić information content (AvgIpc) is 2.66. The van der Waals surface area contributed by atoms with Crippen LogP contribution in [0, 0.1) is 17.2 Å². The predicted octanol–water partition coefficient (Wildman–Crippen LogP) is 2.13. The maximum absolute atomic E-state index is 12.1. The highest BCUT2D eigenvalue weighted by Crippen LogP contribution is 2.24. The quantitative estimate of drug-likeness (QED) is 0.258. The molecule has 0 aliphatic rings. The highest BCUT2D eigenvalue weighted by atomic mass is 35.5. The summed E-state index contributed by atoms with van der Waals surface area (Å²) >= 11 is 12.0. The minimum Gasteiger partial charge on any atom is -0.481 e. The number of benzene rings is 1. The highest BCUT2D eigenvalue weighted by molar-refractivity contribution is 6.36. The summed E-state index contributed by atoms with van der Waals surface area (Å²) in [6.45, 7) is 3.51. The maximum atomic E-state index is 12.1. The van der Waals surface area contributed by atoms with Crippen molar-refractivity contribution in [1.82, 2.24) is 10.6 Å². The standard InChI is InChI=1S/C20H26Cl2N4O5/c1-10(2)18(23)15(27)8-11(19(30)31)6-7-16(28)25-20(24)26-17(29)9-12-13(21)4-3-5-14(12)22/h3-5,10-11,18H,6-9,23H2,1-2H3,(H,30,31)(H3,24,25,26,28,29)/t11-,18+/m0/s1. The first-order valence-corrected chi connectivity index (χ1v) is 10.3. The fraction of sp³-hybridized carbons (Fsp3) is 0.450. The van der Waals surface area contributed by atoms with Crippen molar-refractivity contribution in [3.63, 3.8) is 0 Å². The Balaban J connectivity index is 2.53. The summed E-state index contributed by atoms with van der Waals surface area (Å²) < 4.78 is 0. The third-order valence-electron chi connectivity index (χ3n) is 4.53. The molecule has 0 saturated carbocycles. The first-order chi connectivity index (χ1) is 14.4. The van der Waals surface area contributed by atoms with Gasteiger partial charge in [0.2, 0.25) is 17.8 Å². The zero-order valence-electron chi connectivity index (χ0n) is 17.2. The van der Waals surface area contributed by atoms with Crippen LogP contribution >= 0.6 is 23.2 Å². The first kappa shape index (κ1) is 26.5. The second kappa shape index (κ2) is 12.4. The predicted molar refractivity (Wildman–Crippen MR) is 117 cm³/mol. The number of carboxylic acid groups (broad SMARTS) is 1. The Morgan fingerprint density at radius 3 is 2.16 bits per heavy atom. The molecule has 31 heavy (non-hydrogen) atoms. The van der Waals surface area contributed by atoms with E-state index in [0.29, 0.717) is 15.6 Å². The number of halogens is 2. The van der Waals surface area contributed by atoms with E-state index in [-0.39, 0.29) is 37.4 Å². The summed E-state index contributed by atoms with van der Waals surface area (Å²) in [5.41, 5.74) is 6.13. The van der Waals surface area contributed by atoms with Crippen LogP contribution in [0.15, 0.2) is 18.2 Å². The van der Waals surface area contributed by atoms with Crippen LogP contribution in [0.3, 0.4) is 0 Å². The normalized spacial score (nSPS) is 12.7. The third kappa shape index (κ3) is 9.04. The zero-order chi connectivity index (χ0) is 23.7. The van der Waals surface area contributed by atoms with E-state index in [9.17, 15) is 24.3 Å². The largest absolute Gasteiger partial charge is 0.481 e. The number of carboxylic acids is 1. The van der Waals surface area contributed by atoms with E-state index in [0.717, 1.165) is 0 Å². The van der Waals surface area contributed by atoms with Crippen molar-refractivity contribution in [3.05, 3.63) is 33.8 Å². The van der Waals surface area contributed by atoms with Crippen LogP contribution in [0.2, 0.25) is 10.0 Å². The zero-order valence-corrected chi connectivity index (χ0v) is 18.7. The molecule has 0 aliphatic carbocycles. The van der Waals surface area contributed by atoms with Crippen LogP contribution in [0.4, 0.5) is 0 Å². The number of Topliss-reactive ketones (excluding diaryl/α,β-unsaturated/α-hetero) is 1. The van der Waals surface area contributed by atoms with Crippen LogP contribution in [0.5, 0.6) is 0 Å². The molecular formula is C20H26Cl2N4O5. The molecule has 0 fully saturated rings. The van der Waals surface area contributed by atoms with Gasteiger partial charge in [-0.25, -0.2) is 0 Å². The number of ketones is 1. The second-order valence-corrected chi connectivity index (χ2v) is 8.18. The van der Waals surface area contributed by atoms with Crippen molar-refractivity contribution in [2.75, 3.05) is 0 Å². The van der Waals surface area contributed by atoms with Crippen molar-refractivity contribution < 1.29 is 24.3 Å². The minimum atomic E-state index is -1.21. The number of amides is 2. The van der Waals surface area contributed by atoms with Gasteiger partial charge in [0.15, 0.2) is 5.78 Å².